The second-order valence-electron chi connectivity index (χ2n) is 6.43. The molecule has 0 radical (unpaired) electrons. The minimum Gasteiger partial charge on any atom is -0.385 e. The summed E-state index contributed by atoms with van der Waals surface area (Å²) in [5.41, 5.74) is 0.509. The van der Waals surface area contributed by atoms with Crippen molar-refractivity contribution >= 4 is 21.8 Å². The fraction of sp³-hybridized carbons (Fsp3) is 0.556. The molecule has 26 heavy (non-hydrogen) atoms. The van der Waals surface area contributed by atoms with Gasteiger partial charge < -0.3 is 10.1 Å². The number of benzene rings is 1. The van der Waals surface area contributed by atoms with Gasteiger partial charge in [-0.2, -0.15) is 0 Å². The smallest absolute Gasteiger partial charge is 0.263 e. The van der Waals surface area contributed by atoms with Crippen molar-refractivity contribution in [3.05, 3.63) is 29.8 Å². The first-order chi connectivity index (χ1) is 12.4. The van der Waals surface area contributed by atoms with E-state index in [9.17, 15) is 13.2 Å². The Morgan fingerprint density at radius 2 is 2.04 bits per heavy atom. The molecule has 2 atom stereocenters. The van der Waals surface area contributed by atoms with Crippen molar-refractivity contribution in [1.82, 2.24) is 10.0 Å². The summed E-state index contributed by atoms with van der Waals surface area (Å²) in [6.07, 6.45) is 3.02. The number of amidine groups is 1. The highest BCUT2D eigenvalue weighted by atomic mass is 32.2. The van der Waals surface area contributed by atoms with Crippen molar-refractivity contribution in [2.75, 3.05) is 13.7 Å². The van der Waals surface area contributed by atoms with Crippen LogP contribution in [0.2, 0.25) is 0 Å². The van der Waals surface area contributed by atoms with Crippen LogP contribution in [0.3, 0.4) is 0 Å². The van der Waals surface area contributed by atoms with Gasteiger partial charge >= 0.3 is 0 Å². The van der Waals surface area contributed by atoms with Gasteiger partial charge in [0, 0.05) is 25.3 Å². The van der Waals surface area contributed by atoms with Crippen LogP contribution in [0, 0.1) is 0 Å². The molecule has 1 aromatic carbocycles. The Bertz CT molecular complexity index is 761. The normalized spacial score (nSPS) is 18.8. The molecular weight excluding hydrogens is 354 g/mol. The zero-order valence-electron chi connectivity index (χ0n) is 15.5. The number of aliphatic imine (C=N–C) groups is 1. The third kappa shape index (κ3) is 5.04. The Balaban J connectivity index is 2.22. The second kappa shape index (κ2) is 9.14. The third-order valence-electron chi connectivity index (χ3n) is 4.23. The van der Waals surface area contributed by atoms with E-state index >= 15 is 0 Å². The van der Waals surface area contributed by atoms with Gasteiger partial charge in [-0.05, 0) is 31.9 Å². The Morgan fingerprint density at radius 3 is 2.73 bits per heavy atom. The lowest BCUT2D eigenvalue weighted by Crippen LogP contribution is -2.40. The first-order valence-corrected chi connectivity index (χ1v) is 10.4. The molecule has 1 aliphatic heterocycles. The number of fused-ring (bicyclic) bond motifs is 1. The quantitative estimate of drug-likeness (QED) is 0.682. The number of sulfonamides is 1. The highest BCUT2D eigenvalue weighted by molar-refractivity contribution is 7.90. The van der Waals surface area contributed by atoms with Crippen molar-refractivity contribution in [1.29, 1.82) is 0 Å². The first kappa shape index (κ1) is 20.4. The van der Waals surface area contributed by atoms with Gasteiger partial charge in [0.15, 0.2) is 0 Å². The van der Waals surface area contributed by atoms with Crippen molar-refractivity contribution in [2.24, 2.45) is 4.99 Å². The maximum atomic E-state index is 12.6. The van der Waals surface area contributed by atoms with E-state index in [4.69, 9.17) is 4.74 Å². The van der Waals surface area contributed by atoms with Crippen LogP contribution in [0.15, 0.2) is 34.2 Å². The van der Waals surface area contributed by atoms with Gasteiger partial charge in [-0.15, -0.1) is 0 Å². The molecule has 144 valence electrons. The molecular formula is C18H27N3O4S. The van der Waals surface area contributed by atoms with Gasteiger partial charge in [-0.1, -0.05) is 31.9 Å². The maximum absolute atomic E-state index is 12.6. The standard InChI is InChI=1S/C18H27N3O4S/c1-4-5-9-15(18(22)19-13(2)11-12-25-3)20-17-14-8-6-7-10-16(14)26(23,24)21-17/h6-8,10,13,15H,4-5,9,11-12H2,1-3H3,(H,19,22)(H,20,21). The lowest BCUT2D eigenvalue weighted by atomic mass is 10.1. The van der Waals surface area contributed by atoms with E-state index < -0.39 is 16.1 Å². The fourth-order valence-electron chi connectivity index (χ4n) is 2.74. The van der Waals surface area contributed by atoms with Gasteiger partial charge in [0.25, 0.3) is 10.0 Å². The topological polar surface area (TPSA) is 96.9 Å². The van der Waals surface area contributed by atoms with Gasteiger partial charge in [-0.3, -0.25) is 14.5 Å². The average Bonchev–Trinajstić information content (AvgIpc) is 2.87. The molecule has 2 N–H and O–H groups in total. The van der Waals surface area contributed by atoms with Crippen LogP contribution in [0.25, 0.3) is 0 Å². The van der Waals surface area contributed by atoms with Crippen molar-refractivity contribution in [3.8, 4) is 0 Å². The van der Waals surface area contributed by atoms with Crippen LogP contribution >= 0.6 is 0 Å². The predicted octanol–water partition coefficient (Wildman–Crippen LogP) is 1.83. The Labute approximate surface area is 155 Å². The molecule has 1 aliphatic rings. The van der Waals surface area contributed by atoms with E-state index in [0.717, 1.165) is 12.8 Å². The monoisotopic (exact) mass is 381 g/mol. The summed E-state index contributed by atoms with van der Waals surface area (Å²) in [4.78, 5) is 17.3. The maximum Gasteiger partial charge on any atom is 0.263 e. The number of carbonyl (C=O) groups is 1. The molecule has 8 heteroatoms. The molecule has 2 unspecified atom stereocenters. The van der Waals surface area contributed by atoms with Crippen LogP contribution in [0.1, 0.15) is 45.1 Å². The van der Waals surface area contributed by atoms with Crippen molar-refractivity contribution in [3.63, 3.8) is 0 Å². The summed E-state index contributed by atoms with van der Waals surface area (Å²) in [6.45, 7) is 4.51. The van der Waals surface area contributed by atoms with E-state index in [1.165, 1.54) is 6.07 Å². The number of nitrogens with one attached hydrogen (secondary N) is 2. The number of amides is 1. The SMILES string of the molecule is CCCCC(N=C1NS(=O)(=O)c2ccccc21)C(=O)NC(C)CCOC. The van der Waals surface area contributed by atoms with Gasteiger partial charge in [0.2, 0.25) is 5.91 Å². The van der Waals surface area contributed by atoms with Crippen LogP contribution < -0.4 is 10.0 Å². The van der Waals surface area contributed by atoms with Gasteiger partial charge in [-0.25, -0.2) is 8.42 Å². The number of carbonyl (C=O) groups excluding carboxylic acids is 1. The Morgan fingerprint density at radius 1 is 1.31 bits per heavy atom. The molecule has 0 aromatic heterocycles. The lowest BCUT2D eigenvalue weighted by molar-refractivity contribution is -0.123. The van der Waals surface area contributed by atoms with E-state index in [2.05, 4.69) is 15.0 Å². The molecule has 7 nitrogen and oxygen atoms in total. The van der Waals surface area contributed by atoms with Crippen LogP contribution in [-0.2, 0) is 19.6 Å². The second-order valence-corrected chi connectivity index (χ2v) is 8.08. The van der Waals surface area contributed by atoms with Crippen molar-refractivity contribution < 1.29 is 17.9 Å². The van der Waals surface area contributed by atoms with Crippen molar-refractivity contribution in [2.45, 2.75) is 56.5 Å². The largest absolute Gasteiger partial charge is 0.385 e. The van der Waals surface area contributed by atoms with E-state index in [1.54, 1.807) is 25.3 Å². The molecule has 0 fully saturated rings. The molecule has 1 aromatic rings. The third-order valence-corrected chi connectivity index (χ3v) is 5.62. The molecule has 0 bridgehead atoms. The zero-order chi connectivity index (χ0) is 19.2. The summed E-state index contributed by atoms with van der Waals surface area (Å²) in [6, 6.07) is 5.98. The number of hydrogen-bond acceptors (Lipinski definition) is 5. The first-order valence-electron chi connectivity index (χ1n) is 8.88. The minimum atomic E-state index is -3.61. The Kier molecular flexibility index (Phi) is 7.16. The van der Waals surface area contributed by atoms with E-state index in [0.29, 0.717) is 25.0 Å². The zero-order valence-corrected chi connectivity index (χ0v) is 16.3. The highest BCUT2D eigenvalue weighted by Gasteiger charge is 2.31. The number of ether oxygens (including phenoxy) is 1. The van der Waals surface area contributed by atoms with E-state index in [-0.39, 0.29) is 22.7 Å². The minimum absolute atomic E-state index is 0.0423. The molecule has 0 saturated heterocycles. The average molecular weight is 381 g/mol. The molecule has 1 amide bonds. The summed E-state index contributed by atoms with van der Waals surface area (Å²) < 4.78 is 31.9. The molecule has 0 spiro atoms. The number of unbranched alkanes of at least 4 members (excludes halogenated alkanes) is 1. The van der Waals surface area contributed by atoms with Gasteiger partial charge in [0.05, 0.1) is 4.90 Å². The van der Waals surface area contributed by atoms with Crippen LogP contribution in [0.4, 0.5) is 0 Å². The molecule has 0 aliphatic carbocycles. The lowest BCUT2D eigenvalue weighted by Gasteiger charge is -2.18. The van der Waals surface area contributed by atoms with Crippen LogP contribution in [0.5, 0.6) is 0 Å². The number of nitrogens with zero attached hydrogens (tertiary/aromatic N) is 1. The Hall–Kier alpha value is -1.93. The summed E-state index contributed by atoms with van der Waals surface area (Å²) >= 11 is 0. The highest BCUT2D eigenvalue weighted by Crippen LogP contribution is 2.23. The summed E-state index contributed by atoms with van der Waals surface area (Å²) in [5.74, 6) is 0.0412. The number of rotatable bonds is 9. The number of hydrogen-bond donors (Lipinski definition) is 2. The molecule has 2 rings (SSSR count). The summed E-state index contributed by atoms with van der Waals surface area (Å²) in [7, 11) is -1.99. The summed E-state index contributed by atoms with van der Waals surface area (Å²) in [5, 5.41) is 2.94. The van der Waals surface area contributed by atoms with Crippen LogP contribution in [-0.4, -0.2) is 46.0 Å². The molecule has 1 heterocycles. The van der Waals surface area contributed by atoms with E-state index in [1.807, 2.05) is 13.8 Å². The fourth-order valence-corrected chi connectivity index (χ4v) is 3.98. The number of methoxy groups -OCH3 is 1. The molecule has 0 saturated carbocycles. The predicted molar refractivity (Wildman–Crippen MR) is 101 cm³/mol. The van der Waals surface area contributed by atoms with Gasteiger partial charge in [0.1, 0.15) is 11.9 Å².